The van der Waals surface area contributed by atoms with E-state index < -0.39 is 0 Å². The van der Waals surface area contributed by atoms with Crippen LogP contribution in [-0.4, -0.2) is 35.3 Å². The van der Waals surface area contributed by atoms with Crippen LogP contribution in [0.3, 0.4) is 0 Å². The van der Waals surface area contributed by atoms with Crippen LogP contribution < -0.4 is 15.5 Å². The SMILES string of the molecule is CN(C)c1ccc(Nc2nncc(NC3CCCCCC3)n2)cc1. The number of anilines is 4. The van der Waals surface area contributed by atoms with Gasteiger partial charge in [-0.3, -0.25) is 0 Å². The van der Waals surface area contributed by atoms with Gasteiger partial charge in [0.1, 0.15) is 0 Å². The Bertz CT molecular complexity index is 632. The van der Waals surface area contributed by atoms with Crippen LogP contribution in [0.4, 0.5) is 23.1 Å². The van der Waals surface area contributed by atoms with E-state index in [0.717, 1.165) is 17.2 Å². The fourth-order valence-corrected chi connectivity index (χ4v) is 3.03. The van der Waals surface area contributed by atoms with Crippen LogP contribution in [0.1, 0.15) is 38.5 Å². The maximum Gasteiger partial charge on any atom is 0.249 e. The first-order valence-electron chi connectivity index (χ1n) is 8.71. The second-order valence-electron chi connectivity index (χ2n) is 6.56. The van der Waals surface area contributed by atoms with Gasteiger partial charge in [-0.15, -0.1) is 5.10 Å². The van der Waals surface area contributed by atoms with Gasteiger partial charge in [0.2, 0.25) is 5.95 Å². The highest BCUT2D eigenvalue weighted by atomic mass is 15.3. The van der Waals surface area contributed by atoms with Crippen LogP contribution in [0.15, 0.2) is 30.5 Å². The summed E-state index contributed by atoms with van der Waals surface area (Å²) in [5, 5.41) is 14.9. The van der Waals surface area contributed by atoms with Gasteiger partial charge in [0.25, 0.3) is 0 Å². The summed E-state index contributed by atoms with van der Waals surface area (Å²) in [6.07, 6.45) is 9.38. The molecule has 1 saturated carbocycles. The normalized spacial score (nSPS) is 15.6. The van der Waals surface area contributed by atoms with Crippen molar-refractivity contribution in [2.24, 2.45) is 0 Å². The first-order valence-corrected chi connectivity index (χ1v) is 8.71. The fourth-order valence-electron chi connectivity index (χ4n) is 3.03. The minimum Gasteiger partial charge on any atom is -0.378 e. The Balaban J connectivity index is 1.64. The van der Waals surface area contributed by atoms with Crippen LogP contribution in [0.2, 0.25) is 0 Å². The van der Waals surface area contributed by atoms with E-state index >= 15 is 0 Å². The number of benzene rings is 1. The summed E-state index contributed by atoms with van der Waals surface area (Å²) in [5.74, 6) is 1.32. The Hall–Kier alpha value is -2.37. The van der Waals surface area contributed by atoms with Crippen LogP contribution in [-0.2, 0) is 0 Å². The molecule has 1 aliphatic rings. The maximum absolute atomic E-state index is 4.54. The molecule has 0 amide bonds. The van der Waals surface area contributed by atoms with Crippen molar-refractivity contribution in [3.05, 3.63) is 30.5 Å². The predicted molar refractivity (Wildman–Crippen MR) is 99.0 cm³/mol. The molecule has 2 N–H and O–H groups in total. The third-order valence-electron chi connectivity index (χ3n) is 4.41. The number of hydrogen-bond acceptors (Lipinski definition) is 6. The van der Waals surface area contributed by atoms with Crippen LogP contribution in [0.5, 0.6) is 0 Å². The number of aromatic nitrogens is 3. The van der Waals surface area contributed by atoms with Crippen LogP contribution in [0.25, 0.3) is 0 Å². The summed E-state index contributed by atoms with van der Waals surface area (Å²) in [6, 6.07) is 8.65. The van der Waals surface area contributed by atoms with Crippen molar-refractivity contribution >= 4 is 23.1 Å². The van der Waals surface area contributed by atoms with Gasteiger partial charge in [-0.1, -0.05) is 25.7 Å². The zero-order valence-electron chi connectivity index (χ0n) is 14.5. The Morgan fingerprint density at radius 1 is 1.00 bits per heavy atom. The highest BCUT2D eigenvalue weighted by Crippen LogP contribution is 2.21. The van der Waals surface area contributed by atoms with Crippen LogP contribution >= 0.6 is 0 Å². The molecule has 0 saturated heterocycles. The van der Waals surface area contributed by atoms with Crippen LogP contribution in [0, 0.1) is 0 Å². The number of nitrogens with zero attached hydrogens (tertiary/aromatic N) is 4. The maximum atomic E-state index is 4.54. The minimum atomic E-state index is 0.497. The topological polar surface area (TPSA) is 66.0 Å². The minimum absolute atomic E-state index is 0.497. The van der Waals surface area contributed by atoms with E-state index in [9.17, 15) is 0 Å². The van der Waals surface area contributed by atoms with E-state index in [1.807, 2.05) is 26.2 Å². The largest absolute Gasteiger partial charge is 0.378 e. The highest BCUT2D eigenvalue weighted by molar-refractivity contribution is 5.59. The molecule has 6 nitrogen and oxygen atoms in total. The smallest absolute Gasteiger partial charge is 0.249 e. The Kier molecular flexibility index (Phi) is 5.46. The fraction of sp³-hybridized carbons (Fsp3) is 0.500. The molecule has 1 heterocycles. The molecule has 6 heteroatoms. The summed E-state index contributed by atoms with van der Waals surface area (Å²) in [7, 11) is 4.05. The summed E-state index contributed by atoms with van der Waals surface area (Å²) < 4.78 is 0. The van der Waals surface area contributed by atoms with Gasteiger partial charge in [0, 0.05) is 31.5 Å². The summed E-state index contributed by atoms with van der Waals surface area (Å²) in [6.45, 7) is 0. The number of rotatable bonds is 5. The monoisotopic (exact) mass is 326 g/mol. The molecule has 1 fully saturated rings. The zero-order valence-corrected chi connectivity index (χ0v) is 14.5. The quantitative estimate of drug-likeness (QED) is 0.814. The van der Waals surface area contributed by atoms with Crippen molar-refractivity contribution in [1.29, 1.82) is 0 Å². The Morgan fingerprint density at radius 2 is 1.71 bits per heavy atom. The van der Waals surface area contributed by atoms with E-state index in [-0.39, 0.29) is 0 Å². The lowest BCUT2D eigenvalue weighted by Gasteiger charge is -2.17. The molecule has 0 bridgehead atoms. The molecule has 0 radical (unpaired) electrons. The van der Waals surface area contributed by atoms with Gasteiger partial charge in [-0.2, -0.15) is 10.1 Å². The third kappa shape index (κ3) is 4.57. The molecule has 1 aromatic heterocycles. The van der Waals surface area contributed by atoms with E-state index in [1.54, 1.807) is 6.20 Å². The average molecular weight is 326 g/mol. The van der Waals surface area contributed by atoms with Crippen molar-refractivity contribution in [3.63, 3.8) is 0 Å². The van der Waals surface area contributed by atoms with Gasteiger partial charge in [-0.25, -0.2) is 0 Å². The van der Waals surface area contributed by atoms with Crippen molar-refractivity contribution < 1.29 is 0 Å². The molecule has 3 rings (SSSR count). The van der Waals surface area contributed by atoms with Crippen molar-refractivity contribution in [2.75, 3.05) is 29.6 Å². The molecule has 24 heavy (non-hydrogen) atoms. The van der Waals surface area contributed by atoms with Crippen molar-refractivity contribution in [1.82, 2.24) is 15.2 Å². The Morgan fingerprint density at radius 3 is 2.38 bits per heavy atom. The third-order valence-corrected chi connectivity index (χ3v) is 4.41. The Labute approximate surface area is 143 Å². The van der Waals surface area contributed by atoms with E-state index in [2.05, 4.69) is 42.8 Å². The van der Waals surface area contributed by atoms with Gasteiger partial charge in [-0.05, 0) is 37.1 Å². The lowest BCUT2D eigenvalue weighted by atomic mass is 10.1. The first kappa shape index (κ1) is 16.5. The number of hydrogen-bond donors (Lipinski definition) is 2. The molecular formula is C18H26N6. The molecule has 128 valence electrons. The molecule has 0 unspecified atom stereocenters. The van der Waals surface area contributed by atoms with Gasteiger partial charge < -0.3 is 15.5 Å². The second kappa shape index (κ2) is 7.95. The molecule has 1 aromatic carbocycles. The molecule has 2 aromatic rings. The lowest BCUT2D eigenvalue weighted by Crippen LogP contribution is -2.19. The standard InChI is InChI=1S/C18H26N6/c1-24(2)16-11-9-15(10-12-16)21-18-22-17(13-19-23-18)20-14-7-5-3-4-6-8-14/h9-14H,3-8H2,1-2H3,(H2,20,21,22,23). The second-order valence-corrected chi connectivity index (χ2v) is 6.56. The van der Waals surface area contributed by atoms with Gasteiger partial charge in [0.15, 0.2) is 5.82 Å². The van der Waals surface area contributed by atoms with E-state index in [4.69, 9.17) is 0 Å². The zero-order chi connectivity index (χ0) is 16.8. The van der Waals surface area contributed by atoms with E-state index in [0.29, 0.717) is 12.0 Å². The van der Waals surface area contributed by atoms with Gasteiger partial charge in [0.05, 0.1) is 6.20 Å². The molecule has 1 aliphatic carbocycles. The number of nitrogens with one attached hydrogen (secondary N) is 2. The molecule has 0 atom stereocenters. The summed E-state index contributed by atoms with van der Waals surface area (Å²) in [4.78, 5) is 6.61. The van der Waals surface area contributed by atoms with Gasteiger partial charge >= 0.3 is 0 Å². The highest BCUT2D eigenvalue weighted by Gasteiger charge is 2.13. The molecule has 0 aliphatic heterocycles. The molecular weight excluding hydrogens is 300 g/mol. The van der Waals surface area contributed by atoms with E-state index in [1.165, 1.54) is 38.5 Å². The lowest BCUT2D eigenvalue weighted by molar-refractivity contribution is 0.617. The van der Waals surface area contributed by atoms with Crippen molar-refractivity contribution in [3.8, 4) is 0 Å². The summed E-state index contributed by atoms with van der Waals surface area (Å²) >= 11 is 0. The molecule has 0 spiro atoms. The predicted octanol–water partition coefficient (Wildman–Crippen LogP) is 3.82. The summed E-state index contributed by atoms with van der Waals surface area (Å²) in [5.41, 5.74) is 2.11. The first-order chi connectivity index (χ1) is 11.7. The average Bonchev–Trinajstić information content (AvgIpc) is 2.84. The van der Waals surface area contributed by atoms with Crippen molar-refractivity contribution in [2.45, 2.75) is 44.6 Å².